The number of nitrogens with zero attached hydrogens (tertiary/aromatic N) is 2. The fourth-order valence-corrected chi connectivity index (χ4v) is 3.22. The van der Waals surface area contributed by atoms with E-state index in [9.17, 15) is 4.79 Å². The molecule has 134 valence electrons. The van der Waals surface area contributed by atoms with Crippen molar-refractivity contribution in [1.29, 1.82) is 0 Å². The Morgan fingerprint density at radius 3 is 2.85 bits per heavy atom. The third-order valence-electron chi connectivity index (χ3n) is 3.80. The summed E-state index contributed by atoms with van der Waals surface area (Å²) >= 11 is 1.47. The van der Waals surface area contributed by atoms with E-state index in [-0.39, 0.29) is 5.91 Å². The van der Waals surface area contributed by atoms with Gasteiger partial charge >= 0.3 is 0 Å². The first-order valence-corrected chi connectivity index (χ1v) is 9.34. The summed E-state index contributed by atoms with van der Waals surface area (Å²) in [6, 6.07) is 17.9. The van der Waals surface area contributed by atoms with Crippen LogP contribution in [-0.4, -0.2) is 28.6 Å². The largest absolute Gasteiger partial charge is 0.497 e. The summed E-state index contributed by atoms with van der Waals surface area (Å²) in [6.45, 7) is 0.776. The molecule has 0 atom stereocenters. The molecule has 1 heterocycles. The van der Waals surface area contributed by atoms with Gasteiger partial charge in [0.25, 0.3) is 0 Å². The van der Waals surface area contributed by atoms with Gasteiger partial charge in [-0.1, -0.05) is 36.4 Å². The van der Waals surface area contributed by atoms with Crippen LogP contribution in [0, 0.1) is 0 Å². The van der Waals surface area contributed by atoms with Crippen molar-refractivity contribution in [3.8, 4) is 5.75 Å². The maximum atomic E-state index is 12.1. The zero-order valence-electron chi connectivity index (χ0n) is 14.6. The minimum Gasteiger partial charge on any atom is -0.497 e. The third kappa shape index (κ3) is 5.39. The summed E-state index contributed by atoms with van der Waals surface area (Å²) in [6.07, 6.45) is 4.44. The molecule has 3 rings (SSSR count). The average Bonchev–Trinajstić information content (AvgIpc) is 3.13. The van der Waals surface area contributed by atoms with Crippen LogP contribution in [0.1, 0.15) is 5.56 Å². The number of methoxy groups -OCH3 is 1. The molecule has 0 unspecified atom stereocenters. The highest BCUT2D eigenvalue weighted by Crippen LogP contribution is 2.22. The molecule has 0 radical (unpaired) electrons. The van der Waals surface area contributed by atoms with Crippen molar-refractivity contribution in [2.24, 2.45) is 0 Å². The van der Waals surface area contributed by atoms with E-state index in [0.717, 1.165) is 23.6 Å². The molecular formula is C20H21N3O2S. The molecule has 2 aromatic carbocycles. The SMILES string of the molecule is COc1cccc(SCC(=O)Nc2cnn(CCc3ccccc3)c2)c1. The molecule has 6 heteroatoms. The van der Waals surface area contributed by atoms with Gasteiger partial charge in [0.1, 0.15) is 5.75 Å². The number of aromatic nitrogens is 2. The van der Waals surface area contributed by atoms with E-state index in [2.05, 4.69) is 22.5 Å². The van der Waals surface area contributed by atoms with Crippen LogP contribution in [0.4, 0.5) is 5.69 Å². The summed E-state index contributed by atoms with van der Waals surface area (Å²) in [5, 5.41) is 7.19. The quantitative estimate of drug-likeness (QED) is 0.614. The maximum absolute atomic E-state index is 12.1. The van der Waals surface area contributed by atoms with Gasteiger partial charge in [0.15, 0.2) is 0 Å². The van der Waals surface area contributed by atoms with Gasteiger partial charge in [-0.2, -0.15) is 5.10 Å². The Kier molecular flexibility index (Phi) is 6.33. The fraction of sp³-hybridized carbons (Fsp3) is 0.200. The number of anilines is 1. The number of carbonyl (C=O) groups excluding carboxylic acids is 1. The van der Waals surface area contributed by atoms with Gasteiger partial charge in [0.05, 0.1) is 24.7 Å². The minimum atomic E-state index is -0.0552. The number of benzene rings is 2. The van der Waals surface area contributed by atoms with Crippen LogP contribution >= 0.6 is 11.8 Å². The highest BCUT2D eigenvalue weighted by molar-refractivity contribution is 8.00. The first kappa shape index (κ1) is 18.1. The van der Waals surface area contributed by atoms with E-state index in [4.69, 9.17) is 4.74 Å². The topological polar surface area (TPSA) is 56.1 Å². The van der Waals surface area contributed by atoms with Gasteiger partial charge in [-0.05, 0) is 30.2 Å². The number of hydrogen-bond acceptors (Lipinski definition) is 4. The maximum Gasteiger partial charge on any atom is 0.234 e. The zero-order chi connectivity index (χ0) is 18.2. The Bertz CT molecular complexity index is 849. The number of thioether (sulfide) groups is 1. The molecular weight excluding hydrogens is 346 g/mol. The monoisotopic (exact) mass is 367 g/mol. The van der Waals surface area contributed by atoms with Crippen LogP contribution in [0.5, 0.6) is 5.75 Å². The van der Waals surface area contributed by atoms with E-state index in [1.54, 1.807) is 13.3 Å². The van der Waals surface area contributed by atoms with Crippen molar-refractivity contribution < 1.29 is 9.53 Å². The van der Waals surface area contributed by atoms with Gasteiger partial charge in [-0.3, -0.25) is 9.48 Å². The number of hydrogen-bond donors (Lipinski definition) is 1. The smallest absolute Gasteiger partial charge is 0.234 e. The standard InChI is InChI=1S/C20H21N3O2S/c1-25-18-8-5-9-19(12-18)26-15-20(24)22-17-13-21-23(14-17)11-10-16-6-3-2-4-7-16/h2-9,12-14H,10-11,15H2,1H3,(H,22,24). The normalized spacial score (nSPS) is 10.5. The number of aryl methyl sites for hydroxylation is 2. The molecule has 0 saturated heterocycles. The summed E-state index contributed by atoms with van der Waals surface area (Å²) in [7, 11) is 1.63. The van der Waals surface area contributed by atoms with Crippen LogP contribution in [0.2, 0.25) is 0 Å². The molecule has 5 nitrogen and oxygen atoms in total. The summed E-state index contributed by atoms with van der Waals surface area (Å²) < 4.78 is 7.04. The Balaban J connectivity index is 1.46. The average molecular weight is 367 g/mol. The first-order chi connectivity index (χ1) is 12.7. The second-order valence-corrected chi connectivity index (χ2v) is 6.79. The van der Waals surface area contributed by atoms with Crippen molar-refractivity contribution in [3.05, 3.63) is 72.6 Å². The van der Waals surface area contributed by atoms with Gasteiger partial charge in [-0.25, -0.2) is 0 Å². The van der Waals surface area contributed by atoms with Gasteiger partial charge < -0.3 is 10.1 Å². The zero-order valence-corrected chi connectivity index (χ0v) is 15.4. The third-order valence-corrected chi connectivity index (χ3v) is 4.79. The molecule has 3 aromatic rings. The molecule has 1 aromatic heterocycles. The number of rotatable bonds is 8. The molecule has 1 amide bonds. The number of ether oxygens (including phenoxy) is 1. The summed E-state index contributed by atoms with van der Waals surface area (Å²) in [5.74, 6) is 1.07. The lowest BCUT2D eigenvalue weighted by atomic mass is 10.1. The molecule has 0 spiro atoms. The predicted molar refractivity (Wildman–Crippen MR) is 105 cm³/mol. The van der Waals surface area contributed by atoms with E-state index in [0.29, 0.717) is 11.4 Å². The van der Waals surface area contributed by atoms with Crippen LogP contribution in [-0.2, 0) is 17.8 Å². The highest BCUT2D eigenvalue weighted by atomic mass is 32.2. The molecule has 0 aliphatic heterocycles. The second kappa shape index (κ2) is 9.10. The van der Waals surface area contributed by atoms with Crippen molar-refractivity contribution in [3.63, 3.8) is 0 Å². The molecule has 26 heavy (non-hydrogen) atoms. The first-order valence-electron chi connectivity index (χ1n) is 8.36. The second-order valence-electron chi connectivity index (χ2n) is 5.74. The molecule has 1 N–H and O–H groups in total. The van der Waals surface area contributed by atoms with E-state index in [1.165, 1.54) is 17.3 Å². The van der Waals surface area contributed by atoms with Gasteiger partial charge in [0, 0.05) is 17.6 Å². The Morgan fingerprint density at radius 2 is 2.04 bits per heavy atom. The summed E-state index contributed by atoms with van der Waals surface area (Å²) in [4.78, 5) is 13.1. The molecule has 0 aliphatic carbocycles. The van der Waals surface area contributed by atoms with E-state index in [1.807, 2.05) is 53.3 Å². The number of amides is 1. The Labute approximate surface area is 157 Å². The lowest BCUT2D eigenvalue weighted by molar-refractivity contribution is -0.113. The Morgan fingerprint density at radius 1 is 1.19 bits per heavy atom. The van der Waals surface area contributed by atoms with E-state index < -0.39 is 0 Å². The lowest BCUT2D eigenvalue weighted by Gasteiger charge is -2.05. The number of nitrogens with one attached hydrogen (secondary N) is 1. The Hall–Kier alpha value is -2.73. The van der Waals surface area contributed by atoms with Crippen LogP contribution in [0.3, 0.4) is 0 Å². The summed E-state index contributed by atoms with van der Waals surface area (Å²) in [5.41, 5.74) is 1.98. The molecule has 0 fully saturated rings. The fourth-order valence-electron chi connectivity index (χ4n) is 2.48. The van der Waals surface area contributed by atoms with Crippen LogP contribution in [0.25, 0.3) is 0 Å². The lowest BCUT2D eigenvalue weighted by Crippen LogP contribution is -2.13. The highest BCUT2D eigenvalue weighted by Gasteiger charge is 2.06. The van der Waals surface area contributed by atoms with E-state index >= 15 is 0 Å². The van der Waals surface area contributed by atoms with Gasteiger partial charge in [0.2, 0.25) is 5.91 Å². The number of carbonyl (C=O) groups is 1. The molecule has 0 aliphatic rings. The predicted octanol–water partition coefficient (Wildman–Crippen LogP) is 3.87. The van der Waals surface area contributed by atoms with Crippen LogP contribution in [0.15, 0.2) is 71.9 Å². The van der Waals surface area contributed by atoms with Crippen molar-refractivity contribution in [1.82, 2.24) is 9.78 Å². The molecule has 0 saturated carbocycles. The van der Waals surface area contributed by atoms with Crippen molar-refractivity contribution in [2.75, 3.05) is 18.2 Å². The van der Waals surface area contributed by atoms with Gasteiger partial charge in [-0.15, -0.1) is 11.8 Å². The minimum absolute atomic E-state index is 0.0552. The van der Waals surface area contributed by atoms with Crippen LogP contribution < -0.4 is 10.1 Å². The van der Waals surface area contributed by atoms with Crippen molar-refractivity contribution >= 4 is 23.4 Å². The van der Waals surface area contributed by atoms with Crippen molar-refractivity contribution in [2.45, 2.75) is 17.9 Å². The molecule has 0 bridgehead atoms.